The van der Waals surface area contributed by atoms with Crippen molar-refractivity contribution < 1.29 is 5.11 Å². The van der Waals surface area contributed by atoms with Crippen LogP contribution in [0.5, 0.6) is 0 Å². The number of nitrogens with zero attached hydrogens (tertiary/aromatic N) is 2. The summed E-state index contributed by atoms with van der Waals surface area (Å²) in [6, 6.07) is 11.0. The molecule has 1 aliphatic heterocycles. The molecule has 0 saturated carbocycles. The molecule has 19 heavy (non-hydrogen) atoms. The maximum Gasteiger partial charge on any atom is 0.0677 e. The van der Waals surface area contributed by atoms with Crippen molar-refractivity contribution in [3.63, 3.8) is 0 Å². The van der Waals surface area contributed by atoms with Crippen LogP contribution in [0.15, 0.2) is 30.3 Å². The highest BCUT2D eigenvalue weighted by Gasteiger charge is 2.25. The summed E-state index contributed by atoms with van der Waals surface area (Å²) in [5, 5.41) is 9.73. The quantitative estimate of drug-likeness (QED) is 0.813. The zero-order valence-electron chi connectivity index (χ0n) is 11.7. The molecule has 1 aliphatic rings. The van der Waals surface area contributed by atoms with Crippen molar-refractivity contribution in [1.82, 2.24) is 9.80 Å². The summed E-state index contributed by atoms with van der Waals surface area (Å²) in [6.07, 6.45) is 0.377. The summed E-state index contributed by atoms with van der Waals surface area (Å²) in [7, 11) is 2.13. The first-order chi connectivity index (χ1) is 9.19. The van der Waals surface area contributed by atoms with Crippen molar-refractivity contribution in [3.05, 3.63) is 35.9 Å². The van der Waals surface area contributed by atoms with Crippen molar-refractivity contribution in [2.24, 2.45) is 5.73 Å². The lowest BCUT2D eigenvalue weighted by Crippen LogP contribution is -2.52. The van der Waals surface area contributed by atoms with Crippen LogP contribution in [-0.2, 0) is 6.54 Å². The standard InChI is InChI=1S/C15H25N3O/c1-17-7-8-18(11-13-5-3-2-4-6-13)12-14(17)9-15(19)10-16/h2-6,14-15,19H,7-12,16H2,1H3. The smallest absolute Gasteiger partial charge is 0.0677 e. The molecule has 0 aromatic heterocycles. The van der Waals surface area contributed by atoms with Crippen molar-refractivity contribution >= 4 is 0 Å². The summed E-state index contributed by atoms with van der Waals surface area (Å²) in [6.45, 7) is 4.48. The molecule has 0 spiro atoms. The second-order valence-electron chi connectivity index (χ2n) is 5.48. The second kappa shape index (κ2) is 7.01. The number of benzene rings is 1. The molecule has 1 heterocycles. The summed E-state index contributed by atoms with van der Waals surface area (Å²) in [5.41, 5.74) is 6.86. The van der Waals surface area contributed by atoms with E-state index in [1.807, 2.05) is 6.07 Å². The van der Waals surface area contributed by atoms with Crippen LogP contribution in [0.2, 0.25) is 0 Å². The van der Waals surface area contributed by atoms with Gasteiger partial charge in [0.1, 0.15) is 0 Å². The Hall–Kier alpha value is -0.940. The fourth-order valence-corrected chi connectivity index (χ4v) is 2.66. The van der Waals surface area contributed by atoms with E-state index in [1.54, 1.807) is 0 Å². The SMILES string of the molecule is CN1CCN(Cc2ccccc2)CC1CC(O)CN. The molecule has 0 radical (unpaired) electrons. The third-order valence-corrected chi connectivity index (χ3v) is 3.93. The van der Waals surface area contributed by atoms with E-state index in [-0.39, 0.29) is 6.10 Å². The number of hydrogen-bond donors (Lipinski definition) is 2. The molecule has 3 N–H and O–H groups in total. The summed E-state index contributed by atoms with van der Waals surface area (Å²) in [4.78, 5) is 4.80. The molecule has 1 saturated heterocycles. The highest BCUT2D eigenvalue weighted by atomic mass is 16.3. The van der Waals surface area contributed by atoms with E-state index in [1.165, 1.54) is 5.56 Å². The zero-order chi connectivity index (χ0) is 13.7. The molecular weight excluding hydrogens is 238 g/mol. The molecule has 0 bridgehead atoms. The molecule has 0 aliphatic carbocycles. The first-order valence-electron chi connectivity index (χ1n) is 7.03. The van der Waals surface area contributed by atoms with Crippen LogP contribution in [-0.4, -0.2) is 60.3 Å². The third kappa shape index (κ3) is 4.28. The Bertz CT molecular complexity index is 371. The van der Waals surface area contributed by atoms with Gasteiger partial charge in [-0.1, -0.05) is 30.3 Å². The van der Waals surface area contributed by atoms with Gasteiger partial charge in [-0.25, -0.2) is 0 Å². The van der Waals surface area contributed by atoms with Crippen LogP contribution in [0.3, 0.4) is 0 Å². The lowest BCUT2D eigenvalue weighted by molar-refractivity contribution is 0.0527. The molecule has 1 aromatic carbocycles. The maximum absolute atomic E-state index is 9.73. The van der Waals surface area contributed by atoms with Gasteiger partial charge in [-0.05, 0) is 19.0 Å². The van der Waals surface area contributed by atoms with Crippen LogP contribution in [0.1, 0.15) is 12.0 Å². The Labute approximate surface area is 115 Å². The predicted octanol–water partition coefficient (Wildman–Crippen LogP) is 0.512. The number of likely N-dealkylation sites (N-methyl/N-ethyl adjacent to an activating group) is 1. The van der Waals surface area contributed by atoms with E-state index in [0.717, 1.165) is 32.6 Å². The molecule has 1 aromatic rings. The van der Waals surface area contributed by atoms with Gasteiger partial charge in [-0.15, -0.1) is 0 Å². The van der Waals surface area contributed by atoms with Crippen molar-refractivity contribution in [2.75, 3.05) is 33.2 Å². The maximum atomic E-state index is 9.73. The van der Waals surface area contributed by atoms with E-state index < -0.39 is 0 Å². The molecule has 106 valence electrons. The number of piperazine rings is 1. The molecule has 2 atom stereocenters. The minimum Gasteiger partial charge on any atom is -0.392 e. The average Bonchev–Trinajstić information content (AvgIpc) is 2.43. The Morgan fingerprint density at radius 1 is 1.32 bits per heavy atom. The zero-order valence-corrected chi connectivity index (χ0v) is 11.7. The first-order valence-corrected chi connectivity index (χ1v) is 7.03. The van der Waals surface area contributed by atoms with Gasteiger partial charge in [0.2, 0.25) is 0 Å². The Balaban J connectivity index is 1.89. The summed E-state index contributed by atoms with van der Waals surface area (Å²) in [5.74, 6) is 0. The van der Waals surface area contributed by atoms with E-state index >= 15 is 0 Å². The molecule has 4 nitrogen and oxygen atoms in total. The Kier molecular flexibility index (Phi) is 5.34. The van der Waals surface area contributed by atoms with Gasteiger partial charge in [0.25, 0.3) is 0 Å². The highest BCUT2D eigenvalue weighted by molar-refractivity contribution is 5.14. The fourth-order valence-electron chi connectivity index (χ4n) is 2.66. The molecule has 4 heteroatoms. The predicted molar refractivity (Wildman–Crippen MR) is 77.8 cm³/mol. The fraction of sp³-hybridized carbons (Fsp3) is 0.600. The second-order valence-corrected chi connectivity index (χ2v) is 5.48. The number of nitrogens with two attached hydrogens (primary N) is 1. The van der Waals surface area contributed by atoms with Gasteiger partial charge < -0.3 is 15.7 Å². The van der Waals surface area contributed by atoms with E-state index in [9.17, 15) is 5.11 Å². The number of rotatable bonds is 5. The van der Waals surface area contributed by atoms with Crippen molar-refractivity contribution in [1.29, 1.82) is 0 Å². The highest BCUT2D eigenvalue weighted by Crippen LogP contribution is 2.15. The third-order valence-electron chi connectivity index (χ3n) is 3.93. The Morgan fingerprint density at radius 2 is 2.05 bits per heavy atom. The summed E-state index contributed by atoms with van der Waals surface area (Å²) < 4.78 is 0. The minimum absolute atomic E-state index is 0.350. The minimum atomic E-state index is -0.385. The van der Waals surface area contributed by atoms with Gasteiger partial charge in [-0.2, -0.15) is 0 Å². The van der Waals surface area contributed by atoms with Crippen molar-refractivity contribution in [3.8, 4) is 0 Å². The van der Waals surface area contributed by atoms with Gasteiger partial charge >= 0.3 is 0 Å². The number of aliphatic hydroxyl groups is 1. The molecule has 0 amide bonds. The van der Waals surface area contributed by atoms with Crippen molar-refractivity contribution in [2.45, 2.75) is 25.1 Å². The van der Waals surface area contributed by atoms with E-state index in [4.69, 9.17) is 5.73 Å². The first kappa shape index (κ1) is 14.5. The molecule has 2 rings (SSSR count). The summed E-state index contributed by atoms with van der Waals surface area (Å²) >= 11 is 0. The number of aliphatic hydroxyl groups excluding tert-OH is 1. The van der Waals surface area contributed by atoms with Crippen LogP contribution in [0.4, 0.5) is 0 Å². The Morgan fingerprint density at radius 3 is 2.74 bits per heavy atom. The molecule has 1 fully saturated rings. The van der Waals surface area contributed by atoms with Gasteiger partial charge in [0.15, 0.2) is 0 Å². The topological polar surface area (TPSA) is 52.7 Å². The monoisotopic (exact) mass is 263 g/mol. The van der Waals surface area contributed by atoms with Crippen LogP contribution < -0.4 is 5.73 Å². The van der Waals surface area contributed by atoms with E-state index in [0.29, 0.717) is 12.6 Å². The van der Waals surface area contributed by atoms with Crippen LogP contribution >= 0.6 is 0 Å². The lowest BCUT2D eigenvalue weighted by atomic mass is 10.0. The van der Waals surface area contributed by atoms with Crippen LogP contribution in [0.25, 0.3) is 0 Å². The van der Waals surface area contributed by atoms with Gasteiger partial charge in [0.05, 0.1) is 6.10 Å². The number of hydrogen-bond acceptors (Lipinski definition) is 4. The largest absolute Gasteiger partial charge is 0.392 e. The van der Waals surface area contributed by atoms with Crippen LogP contribution in [0, 0.1) is 0 Å². The molecular formula is C15H25N3O. The molecule has 2 unspecified atom stereocenters. The average molecular weight is 263 g/mol. The normalized spacial score (nSPS) is 23.4. The van der Waals surface area contributed by atoms with Gasteiger partial charge in [0, 0.05) is 38.8 Å². The van der Waals surface area contributed by atoms with E-state index in [2.05, 4.69) is 41.1 Å². The van der Waals surface area contributed by atoms with Gasteiger partial charge in [-0.3, -0.25) is 4.90 Å². The lowest BCUT2D eigenvalue weighted by Gasteiger charge is -2.40.